The number of hydrogen-bond donors (Lipinski definition) is 2. The number of amides is 1. The molecule has 1 heterocycles. The third-order valence-corrected chi connectivity index (χ3v) is 7.58. The van der Waals surface area contributed by atoms with E-state index in [1.54, 1.807) is 24.3 Å². The molecule has 3 aromatic carbocycles. The van der Waals surface area contributed by atoms with Gasteiger partial charge in [0.05, 0.1) is 21.8 Å². The molecule has 2 N–H and O–H groups in total. The van der Waals surface area contributed by atoms with E-state index >= 15 is 0 Å². The fourth-order valence-electron chi connectivity index (χ4n) is 3.49. The van der Waals surface area contributed by atoms with Crippen LogP contribution in [0.25, 0.3) is 0 Å². The van der Waals surface area contributed by atoms with E-state index in [4.69, 9.17) is 11.6 Å². The zero-order chi connectivity index (χ0) is 23.0. The van der Waals surface area contributed by atoms with Crippen molar-refractivity contribution in [1.29, 1.82) is 0 Å². The molecule has 0 aromatic heterocycles. The summed E-state index contributed by atoms with van der Waals surface area (Å²) in [6.07, 6.45) is 0.563. The van der Waals surface area contributed by atoms with Gasteiger partial charge in [0.2, 0.25) is 0 Å². The first-order chi connectivity index (χ1) is 15.2. The van der Waals surface area contributed by atoms with Gasteiger partial charge in [-0.15, -0.1) is 0 Å². The molecule has 1 aliphatic heterocycles. The third-order valence-electron chi connectivity index (χ3n) is 5.04. The van der Waals surface area contributed by atoms with Gasteiger partial charge in [0.25, 0.3) is 15.9 Å². The fourth-order valence-corrected chi connectivity index (χ4v) is 5.56. The number of sulfonamides is 1. The molecule has 0 unspecified atom stereocenters. The molecule has 0 spiro atoms. The number of carbonyl (C=O) groups is 2. The van der Waals surface area contributed by atoms with E-state index in [2.05, 4.69) is 21.2 Å². The van der Waals surface area contributed by atoms with Crippen LogP contribution in [0, 0.1) is 0 Å². The van der Waals surface area contributed by atoms with Crippen molar-refractivity contribution in [3.8, 4) is 0 Å². The van der Waals surface area contributed by atoms with Crippen molar-refractivity contribution in [2.45, 2.75) is 11.3 Å². The number of carboxylic acids is 1. The second-order valence-electron chi connectivity index (χ2n) is 7.08. The number of hydrogen-bond acceptors (Lipinski definition) is 4. The van der Waals surface area contributed by atoms with Crippen molar-refractivity contribution >= 4 is 60.8 Å². The highest BCUT2D eigenvalue weighted by Gasteiger charge is 2.31. The van der Waals surface area contributed by atoms with Crippen molar-refractivity contribution in [3.05, 3.63) is 86.8 Å². The van der Waals surface area contributed by atoms with Crippen LogP contribution in [0.3, 0.4) is 0 Å². The summed E-state index contributed by atoms with van der Waals surface area (Å²) in [6.45, 7) is 0.273. The summed E-state index contributed by atoms with van der Waals surface area (Å²) in [5.41, 5.74) is 1.48. The topological polar surface area (TPSA) is 104 Å². The molecule has 3 aromatic rings. The molecule has 0 bridgehead atoms. The van der Waals surface area contributed by atoms with Gasteiger partial charge in [0, 0.05) is 21.6 Å². The standard InChI is InChI=1S/C22H16BrClN2O5S/c23-15-5-7-19(18(11-15)22(28)29)25-21(27)14-2-1-3-17(10-14)32(30,31)26-9-8-13-4-6-16(24)12-20(13)26/h1-7,10-12H,8-9H2,(H,25,27)(H,28,29). The van der Waals surface area contributed by atoms with Crippen molar-refractivity contribution in [1.82, 2.24) is 0 Å². The minimum atomic E-state index is -3.93. The van der Waals surface area contributed by atoms with Crippen LogP contribution < -0.4 is 9.62 Å². The average molecular weight is 536 g/mol. The second-order valence-corrected chi connectivity index (χ2v) is 10.3. The first kappa shape index (κ1) is 22.3. The van der Waals surface area contributed by atoms with E-state index in [0.29, 0.717) is 21.6 Å². The summed E-state index contributed by atoms with van der Waals surface area (Å²) < 4.78 is 28.4. The number of carboxylic acid groups (broad SMARTS) is 1. The van der Waals surface area contributed by atoms with Gasteiger partial charge < -0.3 is 10.4 Å². The van der Waals surface area contributed by atoms with Crippen LogP contribution in [0.5, 0.6) is 0 Å². The molecule has 0 saturated carbocycles. The number of nitrogens with one attached hydrogen (secondary N) is 1. The smallest absolute Gasteiger partial charge is 0.337 e. The Kier molecular flexibility index (Phi) is 5.98. The monoisotopic (exact) mass is 534 g/mol. The van der Waals surface area contributed by atoms with Gasteiger partial charge in [-0.2, -0.15) is 0 Å². The lowest BCUT2D eigenvalue weighted by Gasteiger charge is -2.20. The van der Waals surface area contributed by atoms with Crippen molar-refractivity contribution in [2.24, 2.45) is 0 Å². The van der Waals surface area contributed by atoms with Gasteiger partial charge in [0.15, 0.2) is 0 Å². The van der Waals surface area contributed by atoms with Gasteiger partial charge in [0.1, 0.15) is 0 Å². The summed E-state index contributed by atoms with van der Waals surface area (Å²) >= 11 is 9.25. The molecule has 1 amide bonds. The van der Waals surface area contributed by atoms with Gasteiger partial charge >= 0.3 is 5.97 Å². The lowest BCUT2D eigenvalue weighted by Crippen LogP contribution is -2.29. The first-order valence-electron chi connectivity index (χ1n) is 9.42. The number of halogens is 2. The molecule has 7 nitrogen and oxygen atoms in total. The normalized spacial score (nSPS) is 13.0. The van der Waals surface area contributed by atoms with Gasteiger partial charge in [-0.25, -0.2) is 13.2 Å². The summed E-state index contributed by atoms with van der Waals surface area (Å²) in [4.78, 5) is 24.2. The molecule has 0 fully saturated rings. The molecule has 0 aliphatic carbocycles. The minimum absolute atomic E-state index is 0.0489. The Morgan fingerprint density at radius 1 is 1.06 bits per heavy atom. The van der Waals surface area contributed by atoms with E-state index in [-0.39, 0.29) is 28.3 Å². The number of benzene rings is 3. The Balaban J connectivity index is 1.64. The maximum atomic E-state index is 13.3. The zero-order valence-electron chi connectivity index (χ0n) is 16.4. The molecule has 0 radical (unpaired) electrons. The van der Waals surface area contributed by atoms with Gasteiger partial charge in [-0.05, 0) is 60.5 Å². The predicted octanol–water partition coefficient (Wildman–Crippen LogP) is 4.80. The molecule has 0 saturated heterocycles. The molecule has 10 heteroatoms. The van der Waals surface area contributed by atoms with E-state index in [1.165, 1.54) is 40.7 Å². The zero-order valence-corrected chi connectivity index (χ0v) is 19.5. The van der Waals surface area contributed by atoms with Crippen LogP contribution in [-0.2, 0) is 16.4 Å². The van der Waals surface area contributed by atoms with E-state index in [1.807, 2.05) is 0 Å². The highest BCUT2D eigenvalue weighted by Crippen LogP contribution is 2.35. The molecular weight excluding hydrogens is 520 g/mol. The number of rotatable bonds is 5. The highest BCUT2D eigenvalue weighted by molar-refractivity contribution is 9.10. The lowest BCUT2D eigenvalue weighted by atomic mass is 10.1. The Hall–Kier alpha value is -2.88. The number of anilines is 2. The molecule has 0 atom stereocenters. The maximum absolute atomic E-state index is 13.3. The van der Waals surface area contributed by atoms with E-state index in [0.717, 1.165) is 5.56 Å². The number of fused-ring (bicyclic) bond motifs is 1. The SMILES string of the molecule is O=C(Nc1ccc(Br)cc1C(=O)O)c1cccc(S(=O)(=O)N2CCc3ccc(Cl)cc32)c1. The Bertz CT molecular complexity index is 1360. The van der Waals surface area contributed by atoms with Crippen molar-refractivity contribution in [3.63, 3.8) is 0 Å². The van der Waals surface area contributed by atoms with Crippen LogP contribution in [0.1, 0.15) is 26.3 Å². The Labute approximate surface area is 197 Å². The minimum Gasteiger partial charge on any atom is -0.478 e. The Morgan fingerprint density at radius 3 is 2.59 bits per heavy atom. The average Bonchev–Trinajstić information content (AvgIpc) is 3.18. The maximum Gasteiger partial charge on any atom is 0.337 e. The van der Waals surface area contributed by atoms with Crippen LogP contribution in [-0.4, -0.2) is 31.9 Å². The predicted molar refractivity (Wildman–Crippen MR) is 125 cm³/mol. The third kappa shape index (κ3) is 4.23. The van der Waals surface area contributed by atoms with E-state index in [9.17, 15) is 23.1 Å². The summed E-state index contributed by atoms with van der Waals surface area (Å²) in [5.74, 6) is -1.83. The highest BCUT2D eigenvalue weighted by atomic mass is 79.9. The molecule has 32 heavy (non-hydrogen) atoms. The number of aromatic carboxylic acids is 1. The second kappa shape index (κ2) is 8.57. The first-order valence-corrected chi connectivity index (χ1v) is 12.0. The van der Waals surface area contributed by atoms with Crippen LogP contribution in [0.2, 0.25) is 5.02 Å². The fraction of sp³-hybridized carbons (Fsp3) is 0.0909. The van der Waals surface area contributed by atoms with Gasteiger partial charge in [-0.3, -0.25) is 9.10 Å². The van der Waals surface area contributed by atoms with Crippen LogP contribution in [0.4, 0.5) is 11.4 Å². The molecular formula is C22H16BrClN2O5S. The van der Waals surface area contributed by atoms with Crippen LogP contribution in [0.15, 0.2) is 70.0 Å². The number of carbonyl (C=O) groups excluding carboxylic acids is 1. The summed E-state index contributed by atoms with van der Waals surface area (Å²) in [5, 5.41) is 12.4. The van der Waals surface area contributed by atoms with Crippen molar-refractivity contribution < 1.29 is 23.1 Å². The van der Waals surface area contributed by atoms with E-state index < -0.39 is 21.9 Å². The molecule has 1 aliphatic rings. The van der Waals surface area contributed by atoms with Crippen molar-refractivity contribution in [2.75, 3.05) is 16.2 Å². The molecule has 4 rings (SSSR count). The van der Waals surface area contributed by atoms with Crippen LogP contribution >= 0.6 is 27.5 Å². The summed E-state index contributed by atoms with van der Waals surface area (Å²) in [7, 11) is -3.93. The Morgan fingerprint density at radius 2 is 1.84 bits per heavy atom. The molecule has 164 valence electrons. The quantitative estimate of drug-likeness (QED) is 0.488. The van der Waals surface area contributed by atoms with Gasteiger partial charge in [-0.1, -0.05) is 39.7 Å². The largest absolute Gasteiger partial charge is 0.478 e. The lowest BCUT2D eigenvalue weighted by molar-refractivity contribution is 0.0698. The number of nitrogens with zero attached hydrogens (tertiary/aromatic N) is 1. The summed E-state index contributed by atoms with van der Waals surface area (Å²) in [6, 6.07) is 15.2.